The fraction of sp³-hybridized carbons (Fsp3) is 0.818. The molecule has 0 aliphatic rings. The molecule has 1 atom stereocenters. The van der Waals surface area contributed by atoms with Crippen LogP contribution < -0.4 is 0 Å². The van der Waals surface area contributed by atoms with Gasteiger partial charge in [-0.3, -0.25) is 9.59 Å². The summed E-state index contributed by atoms with van der Waals surface area (Å²) in [6.07, 6.45) is 52.0. The summed E-state index contributed by atoms with van der Waals surface area (Å²) in [7, 11) is 0. The molecule has 48 heavy (non-hydrogen) atoms. The molecular weight excluding hydrogens is 592 g/mol. The van der Waals surface area contributed by atoms with Crippen LogP contribution in [0.2, 0.25) is 0 Å². The Bertz CT molecular complexity index is 768. The number of carboxylic acids is 1. The zero-order valence-electron chi connectivity index (χ0n) is 32.0. The molecule has 0 aromatic rings. The maximum absolute atomic E-state index is 12.6. The third kappa shape index (κ3) is 38.6. The highest BCUT2D eigenvalue weighted by Gasteiger charge is 2.11. The number of hydrogen-bond acceptors (Lipinski definition) is 3. The smallest absolute Gasteiger partial charge is 0.306 e. The van der Waals surface area contributed by atoms with Crippen LogP contribution in [0.1, 0.15) is 226 Å². The predicted molar refractivity (Wildman–Crippen MR) is 209 cm³/mol. The van der Waals surface area contributed by atoms with Gasteiger partial charge in [0.25, 0.3) is 0 Å². The van der Waals surface area contributed by atoms with Gasteiger partial charge in [-0.15, -0.1) is 0 Å². The molecule has 0 heterocycles. The molecule has 0 spiro atoms. The van der Waals surface area contributed by atoms with Crippen LogP contribution in [0.3, 0.4) is 0 Å². The number of rotatable bonds is 38. The highest BCUT2D eigenvalue weighted by molar-refractivity contribution is 5.69. The monoisotopic (exact) mass is 673 g/mol. The van der Waals surface area contributed by atoms with Crippen LogP contribution in [-0.4, -0.2) is 23.1 Å². The summed E-state index contributed by atoms with van der Waals surface area (Å²) in [5, 5.41) is 8.82. The molecule has 280 valence electrons. The SMILES string of the molecule is CCCCC/C=C\C/C=C\C(CCCCCCC(=O)O)OC(=O)CCCCCCCCCCCCC/C=C\CCCCCCCCCC. The highest BCUT2D eigenvalue weighted by atomic mass is 16.5. The number of esters is 1. The van der Waals surface area contributed by atoms with Gasteiger partial charge >= 0.3 is 11.9 Å². The van der Waals surface area contributed by atoms with E-state index in [-0.39, 0.29) is 18.5 Å². The Kier molecular flexibility index (Phi) is 38.1. The van der Waals surface area contributed by atoms with Gasteiger partial charge < -0.3 is 9.84 Å². The zero-order chi connectivity index (χ0) is 35.0. The van der Waals surface area contributed by atoms with Gasteiger partial charge in [-0.2, -0.15) is 0 Å². The number of ether oxygens (including phenoxy) is 1. The fourth-order valence-electron chi connectivity index (χ4n) is 6.19. The lowest BCUT2D eigenvalue weighted by Gasteiger charge is -2.14. The Morgan fingerprint density at radius 3 is 1.40 bits per heavy atom. The quantitative estimate of drug-likeness (QED) is 0.0403. The molecule has 4 heteroatoms. The van der Waals surface area contributed by atoms with Crippen molar-refractivity contribution in [3.05, 3.63) is 36.5 Å². The lowest BCUT2D eigenvalue weighted by Crippen LogP contribution is -2.16. The number of carbonyl (C=O) groups is 2. The minimum atomic E-state index is -0.726. The molecule has 0 saturated carbocycles. The normalized spacial score (nSPS) is 12.5. The molecule has 0 aliphatic heterocycles. The van der Waals surface area contributed by atoms with Gasteiger partial charge in [0.2, 0.25) is 0 Å². The molecule has 1 unspecified atom stereocenters. The van der Waals surface area contributed by atoms with E-state index in [1.54, 1.807) is 0 Å². The first-order chi connectivity index (χ1) is 23.6. The van der Waals surface area contributed by atoms with Gasteiger partial charge in [-0.1, -0.05) is 173 Å². The summed E-state index contributed by atoms with van der Waals surface area (Å²) in [5.74, 6) is -0.805. The molecule has 0 amide bonds. The average Bonchev–Trinajstić information content (AvgIpc) is 3.07. The lowest BCUT2D eigenvalue weighted by atomic mass is 10.0. The van der Waals surface area contributed by atoms with Crippen molar-refractivity contribution in [3.8, 4) is 0 Å². The van der Waals surface area contributed by atoms with Crippen molar-refractivity contribution >= 4 is 11.9 Å². The summed E-state index contributed by atoms with van der Waals surface area (Å²) in [6, 6.07) is 0. The molecule has 0 saturated heterocycles. The van der Waals surface area contributed by atoms with Crippen molar-refractivity contribution in [2.45, 2.75) is 232 Å². The number of carboxylic acid groups (broad SMARTS) is 1. The van der Waals surface area contributed by atoms with Crippen molar-refractivity contribution in [2.24, 2.45) is 0 Å². The molecule has 0 aromatic carbocycles. The second-order valence-electron chi connectivity index (χ2n) is 14.2. The van der Waals surface area contributed by atoms with E-state index < -0.39 is 5.97 Å². The van der Waals surface area contributed by atoms with Crippen molar-refractivity contribution in [1.29, 1.82) is 0 Å². The average molecular weight is 673 g/mol. The van der Waals surface area contributed by atoms with E-state index in [9.17, 15) is 9.59 Å². The number of aliphatic carboxylic acids is 1. The maximum Gasteiger partial charge on any atom is 0.306 e. The van der Waals surface area contributed by atoms with Crippen LogP contribution in [0.4, 0.5) is 0 Å². The summed E-state index contributed by atoms with van der Waals surface area (Å²) >= 11 is 0. The van der Waals surface area contributed by atoms with Gasteiger partial charge in [0.05, 0.1) is 0 Å². The number of carbonyl (C=O) groups excluding carboxylic acids is 1. The van der Waals surface area contributed by atoms with Gasteiger partial charge in [-0.05, 0) is 76.7 Å². The first kappa shape index (κ1) is 46.2. The first-order valence-corrected chi connectivity index (χ1v) is 21.0. The number of unbranched alkanes of at least 4 members (excludes halogenated alkanes) is 25. The van der Waals surface area contributed by atoms with Crippen molar-refractivity contribution in [3.63, 3.8) is 0 Å². The topological polar surface area (TPSA) is 63.6 Å². The number of allylic oxidation sites excluding steroid dienone is 5. The molecule has 0 rings (SSSR count). The minimum Gasteiger partial charge on any atom is -0.481 e. The standard InChI is InChI=1S/C44H80O4/c1-3-5-7-9-11-13-14-15-16-17-18-19-20-21-22-23-24-25-26-27-29-31-37-41-44(47)48-42(39-35-32-33-36-40-43(45)46)38-34-30-28-12-10-8-6-4-2/h12,17-18,28,34,38,42H,3-11,13-16,19-27,29-33,35-37,39-41H2,1-2H3,(H,45,46)/b18-17-,28-12-,38-34-. The molecule has 0 bridgehead atoms. The van der Waals surface area contributed by atoms with Crippen LogP contribution in [0.5, 0.6) is 0 Å². The summed E-state index contributed by atoms with van der Waals surface area (Å²) in [4.78, 5) is 23.3. The van der Waals surface area contributed by atoms with Crippen molar-refractivity contribution in [1.82, 2.24) is 0 Å². The van der Waals surface area contributed by atoms with E-state index in [0.717, 1.165) is 57.8 Å². The largest absolute Gasteiger partial charge is 0.481 e. The van der Waals surface area contributed by atoms with E-state index in [4.69, 9.17) is 9.84 Å². The molecule has 1 N–H and O–H groups in total. The van der Waals surface area contributed by atoms with E-state index >= 15 is 0 Å². The first-order valence-electron chi connectivity index (χ1n) is 21.0. The lowest BCUT2D eigenvalue weighted by molar-refractivity contribution is -0.147. The summed E-state index contributed by atoms with van der Waals surface area (Å²) in [6.45, 7) is 4.51. The van der Waals surface area contributed by atoms with Crippen LogP contribution in [0, 0.1) is 0 Å². The van der Waals surface area contributed by atoms with Gasteiger partial charge in [-0.25, -0.2) is 0 Å². The van der Waals surface area contributed by atoms with Gasteiger partial charge in [0.15, 0.2) is 0 Å². The van der Waals surface area contributed by atoms with Gasteiger partial charge in [0, 0.05) is 12.8 Å². The molecule has 4 nitrogen and oxygen atoms in total. The van der Waals surface area contributed by atoms with Crippen LogP contribution in [0.25, 0.3) is 0 Å². The van der Waals surface area contributed by atoms with Crippen LogP contribution >= 0.6 is 0 Å². The Morgan fingerprint density at radius 2 is 0.875 bits per heavy atom. The van der Waals surface area contributed by atoms with E-state index in [1.807, 2.05) is 0 Å². The molecule has 0 fully saturated rings. The molecule has 0 aromatic heterocycles. The van der Waals surface area contributed by atoms with Crippen molar-refractivity contribution < 1.29 is 19.4 Å². The second-order valence-corrected chi connectivity index (χ2v) is 14.2. The fourth-order valence-corrected chi connectivity index (χ4v) is 6.19. The molecule has 0 aliphatic carbocycles. The Balaban J connectivity index is 3.82. The summed E-state index contributed by atoms with van der Waals surface area (Å²) in [5.41, 5.74) is 0. The Labute approximate surface area is 299 Å². The van der Waals surface area contributed by atoms with Crippen LogP contribution in [-0.2, 0) is 14.3 Å². The van der Waals surface area contributed by atoms with Gasteiger partial charge in [0.1, 0.15) is 6.10 Å². The zero-order valence-corrected chi connectivity index (χ0v) is 32.0. The number of hydrogen-bond donors (Lipinski definition) is 1. The predicted octanol–water partition coefficient (Wildman–Crippen LogP) is 14.6. The van der Waals surface area contributed by atoms with E-state index in [1.165, 1.54) is 141 Å². The highest BCUT2D eigenvalue weighted by Crippen LogP contribution is 2.16. The Morgan fingerprint density at radius 1 is 0.479 bits per heavy atom. The van der Waals surface area contributed by atoms with E-state index in [0.29, 0.717) is 6.42 Å². The maximum atomic E-state index is 12.6. The minimum absolute atomic E-state index is 0.0791. The summed E-state index contributed by atoms with van der Waals surface area (Å²) < 4.78 is 5.86. The van der Waals surface area contributed by atoms with Crippen molar-refractivity contribution in [2.75, 3.05) is 0 Å². The molecular formula is C44H80O4. The van der Waals surface area contributed by atoms with E-state index in [2.05, 4.69) is 50.3 Å². The third-order valence-electron chi connectivity index (χ3n) is 9.32. The Hall–Kier alpha value is -1.84. The molecule has 0 radical (unpaired) electrons. The third-order valence-corrected chi connectivity index (χ3v) is 9.32. The second kappa shape index (κ2) is 39.6. The van der Waals surface area contributed by atoms with Crippen LogP contribution in [0.15, 0.2) is 36.5 Å².